The van der Waals surface area contributed by atoms with Crippen LogP contribution >= 0.6 is 23.4 Å². The molecule has 2 heterocycles. The number of nitrogens with two attached hydrogens (primary N) is 1. The Kier molecular flexibility index (Phi) is 4.08. The first-order valence-corrected chi connectivity index (χ1v) is 6.91. The van der Waals surface area contributed by atoms with Gasteiger partial charge in [-0.1, -0.05) is 23.4 Å². The molecule has 18 heavy (non-hydrogen) atoms. The number of hydrogen-bond donors (Lipinski definition) is 1. The summed E-state index contributed by atoms with van der Waals surface area (Å²) >= 11 is 7.75. The van der Waals surface area contributed by atoms with E-state index in [1.807, 2.05) is 18.5 Å². The standard InChI is InChI=1S/C11H14ClN5S/c1-3-17-8(9(12)7(2)16-17)6-18-11-10(13)14-4-5-15-11/h4-5H,3,6H2,1-2H3,(H2,13,14). The Labute approximate surface area is 115 Å². The first-order valence-electron chi connectivity index (χ1n) is 5.54. The Balaban J connectivity index is 2.18. The van der Waals surface area contributed by atoms with Crippen molar-refractivity contribution in [3.05, 3.63) is 28.8 Å². The summed E-state index contributed by atoms with van der Waals surface area (Å²) in [5.74, 6) is 1.12. The van der Waals surface area contributed by atoms with Crippen molar-refractivity contribution in [1.82, 2.24) is 19.7 Å². The summed E-state index contributed by atoms with van der Waals surface area (Å²) in [6.07, 6.45) is 3.20. The predicted octanol–water partition coefficient (Wildman–Crippen LogP) is 2.53. The molecule has 0 spiro atoms. The molecule has 0 fully saturated rings. The molecule has 2 rings (SSSR count). The monoisotopic (exact) mass is 283 g/mol. The van der Waals surface area contributed by atoms with Crippen LogP contribution in [-0.4, -0.2) is 19.7 Å². The molecule has 0 saturated heterocycles. The van der Waals surface area contributed by atoms with Gasteiger partial charge < -0.3 is 5.73 Å². The summed E-state index contributed by atoms with van der Waals surface area (Å²) in [5, 5.41) is 5.80. The predicted molar refractivity (Wildman–Crippen MR) is 73.7 cm³/mol. The zero-order valence-corrected chi connectivity index (χ0v) is 11.8. The van der Waals surface area contributed by atoms with Crippen LogP contribution in [0.15, 0.2) is 17.4 Å². The summed E-state index contributed by atoms with van der Waals surface area (Å²) in [6, 6.07) is 0. The number of hydrogen-bond acceptors (Lipinski definition) is 5. The summed E-state index contributed by atoms with van der Waals surface area (Å²) in [7, 11) is 0. The van der Waals surface area contributed by atoms with E-state index < -0.39 is 0 Å². The molecule has 5 nitrogen and oxygen atoms in total. The Bertz CT molecular complexity index is 554. The van der Waals surface area contributed by atoms with Crippen molar-refractivity contribution in [3.63, 3.8) is 0 Å². The maximum absolute atomic E-state index is 6.23. The van der Waals surface area contributed by atoms with Crippen LogP contribution in [0.1, 0.15) is 18.3 Å². The quantitative estimate of drug-likeness (QED) is 0.873. The third-order valence-corrected chi connectivity index (χ3v) is 3.99. The summed E-state index contributed by atoms with van der Waals surface area (Å²) < 4.78 is 1.90. The molecule has 0 saturated carbocycles. The average Bonchev–Trinajstić information content (AvgIpc) is 2.65. The lowest BCUT2D eigenvalue weighted by atomic mass is 10.4. The van der Waals surface area contributed by atoms with Crippen molar-refractivity contribution in [3.8, 4) is 0 Å². The largest absolute Gasteiger partial charge is 0.381 e. The molecule has 0 atom stereocenters. The van der Waals surface area contributed by atoms with Crippen LogP contribution in [0.4, 0.5) is 5.82 Å². The van der Waals surface area contributed by atoms with Crippen molar-refractivity contribution in [2.75, 3.05) is 5.73 Å². The molecule has 0 aromatic carbocycles. The molecule has 0 radical (unpaired) electrons. The van der Waals surface area contributed by atoms with E-state index in [1.165, 1.54) is 11.8 Å². The Morgan fingerprint density at radius 1 is 1.39 bits per heavy atom. The first-order chi connectivity index (χ1) is 8.63. The van der Waals surface area contributed by atoms with Gasteiger partial charge >= 0.3 is 0 Å². The van der Waals surface area contributed by atoms with Gasteiger partial charge in [0, 0.05) is 24.7 Å². The second-order valence-corrected chi connectivity index (χ2v) is 5.04. The zero-order chi connectivity index (χ0) is 13.1. The molecular weight excluding hydrogens is 270 g/mol. The second-order valence-electron chi connectivity index (χ2n) is 3.70. The molecule has 0 aliphatic heterocycles. The van der Waals surface area contributed by atoms with Gasteiger partial charge in [0.25, 0.3) is 0 Å². The van der Waals surface area contributed by atoms with Crippen molar-refractivity contribution in [2.45, 2.75) is 31.2 Å². The zero-order valence-electron chi connectivity index (χ0n) is 10.2. The fraction of sp³-hybridized carbons (Fsp3) is 0.364. The Morgan fingerprint density at radius 3 is 2.78 bits per heavy atom. The highest BCUT2D eigenvalue weighted by atomic mass is 35.5. The molecule has 0 bridgehead atoms. The maximum Gasteiger partial charge on any atom is 0.156 e. The lowest BCUT2D eigenvalue weighted by Gasteiger charge is -2.05. The van der Waals surface area contributed by atoms with E-state index in [2.05, 4.69) is 15.1 Å². The van der Waals surface area contributed by atoms with Crippen molar-refractivity contribution >= 4 is 29.2 Å². The van der Waals surface area contributed by atoms with Gasteiger partial charge in [-0.15, -0.1) is 0 Å². The molecule has 0 aliphatic rings. The molecule has 0 aliphatic carbocycles. The number of rotatable bonds is 4. The molecule has 96 valence electrons. The number of anilines is 1. The second kappa shape index (κ2) is 5.58. The normalized spacial score (nSPS) is 10.8. The van der Waals surface area contributed by atoms with Gasteiger partial charge in [-0.3, -0.25) is 4.68 Å². The highest BCUT2D eigenvalue weighted by Gasteiger charge is 2.13. The third-order valence-electron chi connectivity index (χ3n) is 2.49. The molecule has 0 amide bonds. The molecule has 2 N–H and O–H groups in total. The fourth-order valence-corrected chi connectivity index (χ4v) is 2.78. The minimum atomic E-state index is 0.443. The van der Waals surface area contributed by atoms with Crippen LogP contribution in [0.5, 0.6) is 0 Å². The SMILES string of the molecule is CCn1nc(C)c(Cl)c1CSc1nccnc1N. The van der Waals surface area contributed by atoms with Crippen molar-refractivity contribution < 1.29 is 0 Å². The van der Waals surface area contributed by atoms with Crippen LogP contribution in [-0.2, 0) is 12.3 Å². The molecule has 0 unspecified atom stereocenters. The van der Waals surface area contributed by atoms with E-state index in [0.29, 0.717) is 16.6 Å². The minimum absolute atomic E-state index is 0.443. The van der Waals surface area contributed by atoms with E-state index in [0.717, 1.165) is 23.0 Å². The smallest absolute Gasteiger partial charge is 0.156 e. The number of nitrogens with zero attached hydrogens (tertiary/aromatic N) is 4. The topological polar surface area (TPSA) is 69.6 Å². The average molecular weight is 284 g/mol. The highest BCUT2D eigenvalue weighted by molar-refractivity contribution is 7.98. The van der Waals surface area contributed by atoms with Crippen molar-refractivity contribution in [1.29, 1.82) is 0 Å². The summed E-state index contributed by atoms with van der Waals surface area (Å²) in [4.78, 5) is 8.19. The van der Waals surface area contributed by atoms with E-state index >= 15 is 0 Å². The first kappa shape index (κ1) is 13.2. The van der Waals surface area contributed by atoms with Crippen LogP contribution in [0.25, 0.3) is 0 Å². The van der Waals surface area contributed by atoms with Crippen LogP contribution in [0.2, 0.25) is 5.02 Å². The van der Waals surface area contributed by atoms with Gasteiger partial charge in [-0.05, 0) is 13.8 Å². The van der Waals surface area contributed by atoms with Crippen LogP contribution in [0, 0.1) is 6.92 Å². The van der Waals surface area contributed by atoms with Gasteiger partial charge in [0.1, 0.15) is 5.03 Å². The third kappa shape index (κ3) is 2.59. The van der Waals surface area contributed by atoms with Crippen molar-refractivity contribution in [2.24, 2.45) is 0 Å². The van der Waals surface area contributed by atoms with Crippen LogP contribution < -0.4 is 5.73 Å². The van der Waals surface area contributed by atoms with E-state index in [-0.39, 0.29) is 0 Å². The maximum atomic E-state index is 6.23. The van der Waals surface area contributed by atoms with Gasteiger partial charge in [-0.25, -0.2) is 9.97 Å². The van der Waals surface area contributed by atoms with Gasteiger partial charge in [0.05, 0.1) is 16.4 Å². The molecule has 7 heteroatoms. The van der Waals surface area contributed by atoms with Gasteiger partial charge in [-0.2, -0.15) is 5.10 Å². The number of aryl methyl sites for hydroxylation is 2. The van der Waals surface area contributed by atoms with Gasteiger partial charge in [0.15, 0.2) is 5.82 Å². The number of halogens is 1. The number of nitrogen functional groups attached to an aromatic ring is 1. The van der Waals surface area contributed by atoms with E-state index in [4.69, 9.17) is 17.3 Å². The highest BCUT2D eigenvalue weighted by Crippen LogP contribution is 2.29. The van der Waals surface area contributed by atoms with E-state index in [1.54, 1.807) is 12.4 Å². The summed E-state index contributed by atoms with van der Waals surface area (Å²) in [6.45, 7) is 4.73. The lowest BCUT2D eigenvalue weighted by molar-refractivity contribution is 0.632. The Hall–Kier alpha value is -1.27. The molecule has 2 aromatic rings. The number of aromatic nitrogens is 4. The van der Waals surface area contributed by atoms with Crippen LogP contribution in [0.3, 0.4) is 0 Å². The lowest BCUT2D eigenvalue weighted by Crippen LogP contribution is -2.02. The number of thioether (sulfide) groups is 1. The van der Waals surface area contributed by atoms with Gasteiger partial charge in [0.2, 0.25) is 0 Å². The fourth-order valence-electron chi connectivity index (χ4n) is 1.59. The Morgan fingerprint density at radius 2 is 2.11 bits per heavy atom. The van der Waals surface area contributed by atoms with E-state index in [9.17, 15) is 0 Å². The molecule has 2 aromatic heterocycles. The summed E-state index contributed by atoms with van der Waals surface area (Å²) in [5.41, 5.74) is 7.59. The molecular formula is C11H14ClN5S. The minimum Gasteiger partial charge on any atom is -0.381 e.